The molecule has 0 atom stereocenters. The van der Waals surface area contributed by atoms with Gasteiger partial charge in [-0.2, -0.15) is 4.31 Å². The Hall–Kier alpha value is -2.06. The zero-order valence-corrected chi connectivity index (χ0v) is 13.1. The highest BCUT2D eigenvalue weighted by molar-refractivity contribution is 7.89. The van der Waals surface area contributed by atoms with E-state index in [0.29, 0.717) is 26.2 Å². The van der Waals surface area contributed by atoms with Crippen LogP contribution >= 0.6 is 0 Å². The zero-order valence-electron chi connectivity index (χ0n) is 12.3. The van der Waals surface area contributed by atoms with Crippen LogP contribution in [-0.2, 0) is 17.1 Å². The van der Waals surface area contributed by atoms with Crippen LogP contribution in [0.15, 0.2) is 41.8 Å². The first-order chi connectivity index (χ1) is 10.5. The molecule has 0 bridgehead atoms. The second kappa shape index (κ2) is 5.62. The Labute approximate surface area is 129 Å². The molecule has 0 saturated carbocycles. The third kappa shape index (κ3) is 2.79. The Balaban J connectivity index is 1.70. The van der Waals surface area contributed by atoms with Gasteiger partial charge in [-0.25, -0.2) is 13.4 Å². The minimum atomic E-state index is -3.52. The van der Waals surface area contributed by atoms with Crippen LogP contribution in [0, 0.1) is 0 Å². The molecule has 1 fully saturated rings. The second-order valence-corrected chi connectivity index (χ2v) is 7.17. The Morgan fingerprint density at radius 3 is 2.27 bits per heavy atom. The first kappa shape index (κ1) is 14.9. The lowest BCUT2D eigenvalue weighted by Crippen LogP contribution is -2.48. The highest BCUT2D eigenvalue weighted by atomic mass is 32.2. The number of phenolic OH excluding ortho intramolecular Hbond substituents is 1. The van der Waals surface area contributed by atoms with E-state index in [2.05, 4.69) is 9.88 Å². The fourth-order valence-electron chi connectivity index (χ4n) is 2.50. The lowest BCUT2D eigenvalue weighted by molar-refractivity contribution is 0.383. The number of anilines is 1. The van der Waals surface area contributed by atoms with Crippen LogP contribution in [-0.4, -0.2) is 53.6 Å². The molecule has 1 aliphatic rings. The van der Waals surface area contributed by atoms with E-state index in [-0.39, 0.29) is 10.8 Å². The van der Waals surface area contributed by atoms with E-state index in [1.54, 1.807) is 23.7 Å². The molecule has 22 heavy (non-hydrogen) atoms. The summed E-state index contributed by atoms with van der Waals surface area (Å²) in [5, 5.41) is 9.41. The van der Waals surface area contributed by atoms with Gasteiger partial charge in [0.2, 0.25) is 0 Å². The van der Waals surface area contributed by atoms with Crippen LogP contribution in [0.4, 0.5) is 5.69 Å². The lowest BCUT2D eigenvalue weighted by Gasteiger charge is -2.35. The van der Waals surface area contributed by atoms with Crippen molar-refractivity contribution in [3.8, 4) is 5.75 Å². The summed E-state index contributed by atoms with van der Waals surface area (Å²) in [5.74, 6) is 0.222. The van der Waals surface area contributed by atoms with E-state index in [0.717, 1.165) is 5.69 Å². The van der Waals surface area contributed by atoms with Gasteiger partial charge in [0.05, 0.1) is 6.33 Å². The molecular formula is C14H18N4O3S. The Bertz CT molecular complexity index is 747. The molecule has 0 amide bonds. The number of benzene rings is 1. The zero-order chi connectivity index (χ0) is 15.7. The molecule has 1 aliphatic heterocycles. The SMILES string of the molecule is Cn1cnc(S(=O)(=O)N2CCN(c3ccc(O)cc3)CC2)c1. The molecule has 118 valence electrons. The standard InChI is InChI=1S/C14H18N4O3S/c1-16-10-14(15-11-16)22(20,21)18-8-6-17(7-9-18)12-2-4-13(19)5-3-12/h2-5,10-11,19H,6-9H2,1H3. The van der Waals surface area contributed by atoms with Gasteiger partial charge < -0.3 is 14.6 Å². The number of hydrogen-bond donors (Lipinski definition) is 1. The average molecular weight is 322 g/mol. The number of aromatic hydroxyl groups is 1. The summed E-state index contributed by atoms with van der Waals surface area (Å²) in [6, 6.07) is 6.93. The molecule has 8 heteroatoms. The summed E-state index contributed by atoms with van der Waals surface area (Å²) in [6.45, 7) is 2.05. The first-order valence-electron chi connectivity index (χ1n) is 6.99. The normalized spacial score (nSPS) is 16.9. The summed E-state index contributed by atoms with van der Waals surface area (Å²) in [4.78, 5) is 6.04. The number of phenols is 1. The minimum Gasteiger partial charge on any atom is -0.508 e. The minimum absolute atomic E-state index is 0.0908. The van der Waals surface area contributed by atoms with Crippen molar-refractivity contribution in [2.24, 2.45) is 7.05 Å². The van der Waals surface area contributed by atoms with Gasteiger partial charge in [0.15, 0.2) is 5.03 Å². The Morgan fingerprint density at radius 2 is 1.73 bits per heavy atom. The van der Waals surface area contributed by atoms with Crippen LogP contribution in [0.2, 0.25) is 0 Å². The van der Waals surface area contributed by atoms with E-state index >= 15 is 0 Å². The summed E-state index contributed by atoms with van der Waals surface area (Å²) in [6.07, 6.45) is 3.00. The van der Waals surface area contributed by atoms with Crippen LogP contribution < -0.4 is 4.90 Å². The van der Waals surface area contributed by atoms with Gasteiger partial charge in [0.25, 0.3) is 10.0 Å². The second-order valence-electron chi connectivity index (χ2n) is 5.28. The van der Waals surface area contributed by atoms with Gasteiger partial charge in [-0.15, -0.1) is 0 Å². The largest absolute Gasteiger partial charge is 0.508 e. The maximum Gasteiger partial charge on any atom is 0.262 e. The number of aryl methyl sites for hydroxylation is 1. The fraction of sp³-hybridized carbons (Fsp3) is 0.357. The van der Waals surface area contributed by atoms with Crippen molar-refractivity contribution in [1.82, 2.24) is 13.9 Å². The van der Waals surface area contributed by atoms with Gasteiger partial charge in [-0.1, -0.05) is 0 Å². The number of piperazine rings is 1. The van der Waals surface area contributed by atoms with Crippen LogP contribution in [0.5, 0.6) is 5.75 Å². The number of hydrogen-bond acceptors (Lipinski definition) is 5. The quantitative estimate of drug-likeness (QED) is 0.897. The van der Waals surface area contributed by atoms with Gasteiger partial charge in [-0.3, -0.25) is 0 Å². The smallest absolute Gasteiger partial charge is 0.262 e. The van der Waals surface area contributed by atoms with Crippen molar-refractivity contribution in [3.63, 3.8) is 0 Å². The Morgan fingerprint density at radius 1 is 1.09 bits per heavy atom. The molecule has 0 aliphatic carbocycles. The van der Waals surface area contributed by atoms with Crippen molar-refractivity contribution >= 4 is 15.7 Å². The average Bonchev–Trinajstić information content (AvgIpc) is 2.96. The molecule has 1 N–H and O–H groups in total. The van der Waals surface area contributed by atoms with Crippen molar-refractivity contribution in [3.05, 3.63) is 36.8 Å². The van der Waals surface area contributed by atoms with E-state index in [9.17, 15) is 13.5 Å². The van der Waals surface area contributed by atoms with Crippen LogP contribution in [0.25, 0.3) is 0 Å². The summed E-state index contributed by atoms with van der Waals surface area (Å²) in [5.41, 5.74) is 0.979. The molecule has 3 rings (SSSR count). The van der Waals surface area contributed by atoms with Gasteiger partial charge >= 0.3 is 0 Å². The van der Waals surface area contributed by atoms with Gasteiger partial charge in [-0.05, 0) is 24.3 Å². The van der Waals surface area contributed by atoms with Gasteiger partial charge in [0.1, 0.15) is 5.75 Å². The fourth-order valence-corrected chi connectivity index (χ4v) is 3.89. The van der Waals surface area contributed by atoms with E-state index in [1.807, 2.05) is 12.1 Å². The first-order valence-corrected chi connectivity index (χ1v) is 8.43. The molecule has 0 radical (unpaired) electrons. The lowest BCUT2D eigenvalue weighted by atomic mass is 10.2. The molecule has 0 unspecified atom stereocenters. The molecule has 0 spiro atoms. The number of aromatic nitrogens is 2. The summed E-state index contributed by atoms with van der Waals surface area (Å²) >= 11 is 0. The highest BCUT2D eigenvalue weighted by Crippen LogP contribution is 2.22. The molecular weight excluding hydrogens is 304 g/mol. The van der Waals surface area contributed by atoms with Crippen molar-refractivity contribution in [2.75, 3.05) is 31.1 Å². The molecule has 1 saturated heterocycles. The summed E-state index contributed by atoms with van der Waals surface area (Å²) in [7, 11) is -1.77. The number of rotatable bonds is 3. The molecule has 2 heterocycles. The van der Waals surface area contributed by atoms with Crippen LogP contribution in [0.1, 0.15) is 0 Å². The van der Waals surface area contributed by atoms with Crippen molar-refractivity contribution in [1.29, 1.82) is 0 Å². The van der Waals surface area contributed by atoms with E-state index < -0.39 is 10.0 Å². The maximum atomic E-state index is 12.5. The monoisotopic (exact) mass is 322 g/mol. The third-order valence-corrected chi connectivity index (χ3v) is 5.52. The molecule has 1 aromatic carbocycles. The number of imidazole rings is 1. The molecule has 2 aromatic rings. The highest BCUT2D eigenvalue weighted by Gasteiger charge is 2.30. The van der Waals surface area contributed by atoms with Gasteiger partial charge in [0, 0.05) is 45.1 Å². The summed E-state index contributed by atoms with van der Waals surface area (Å²) < 4.78 is 28.1. The van der Waals surface area contributed by atoms with Crippen molar-refractivity contribution < 1.29 is 13.5 Å². The number of sulfonamides is 1. The third-order valence-electron chi connectivity index (χ3n) is 3.74. The number of nitrogens with zero attached hydrogens (tertiary/aromatic N) is 4. The predicted molar refractivity (Wildman–Crippen MR) is 82.3 cm³/mol. The van der Waals surface area contributed by atoms with Crippen LogP contribution in [0.3, 0.4) is 0 Å². The molecule has 7 nitrogen and oxygen atoms in total. The maximum absolute atomic E-state index is 12.5. The van der Waals surface area contributed by atoms with Crippen molar-refractivity contribution in [2.45, 2.75) is 5.03 Å². The predicted octanol–water partition coefficient (Wildman–Crippen LogP) is 0.637. The van der Waals surface area contributed by atoms with E-state index in [1.165, 1.54) is 16.8 Å². The topological polar surface area (TPSA) is 78.7 Å². The van der Waals surface area contributed by atoms with E-state index in [4.69, 9.17) is 0 Å². The Kier molecular flexibility index (Phi) is 3.79. The molecule has 1 aromatic heterocycles.